The highest BCUT2D eigenvalue weighted by Gasteiger charge is 2.16. The maximum absolute atomic E-state index is 11.8. The number of nitro groups is 1. The van der Waals surface area contributed by atoms with Crippen molar-refractivity contribution in [2.45, 2.75) is 0 Å². The summed E-state index contributed by atoms with van der Waals surface area (Å²) in [5.41, 5.74) is -0.223. The summed E-state index contributed by atoms with van der Waals surface area (Å²) in [4.78, 5) is 31.9. The van der Waals surface area contributed by atoms with Gasteiger partial charge in [-0.05, 0) is 0 Å². The molecular formula is C10H8ClN5O4. The summed E-state index contributed by atoms with van der Waals surface area (Å²) in [6.07, 6.45) is 1.11. The SMILES string of the molecule is COc1cc(Cl)nc(NC(=O)c2cc([N+](=O)[O-])c[nH]2)n1. The highest BCUT2D eigenvalue weighted by Crippen LogP contribution is 2.17. The Bertz CT molecular complexity index is 671. The van der Waals surface area contributed by atoms with Gasteiger partial charge in [0.15, 0.2) is 0 Å². The molecule has 104 valence electrons. The molecule has 2 aromatic rings. The van der Waals surface area contributed by atoms with Crippen LogP contribution in [-0.4, -0.2) is 32.9 Å². The van der Waals surface area contributed by atoms with Crippen molar-refractivity contribution < 1.29 is 14.5 Å². The van der Waals surface area contributed by atoms with Crippen LogP contribution < -0.4 is 10.1 Å². The largest absolute Gasteiger partial charge is 0.481 e. The van der Waals surface area contributed by atoms with Gasteiger partial charge in [0.1, 0.15) is 10.8 Å². The Morgan fingerprint density at radius 2 is 2.25 bits per heavy atom. The Hall–Kier alpha value is -2.68. The zero-order chi connectivity index (χ0) is 14.7. The van der Waals surface area contributed by atoms with E-state index in [1.54, 1.807) is 0 Å². The van der Waals surface area contributed by atoms with Crippen LogP contribution in [0.5, 0.6) is 5.88 Å². The summed E-state index contributed by atoms with van der Waals surface area (Å²) in [5, 5.41) is 13.0. The predicted molar refractivity (Wildman–Crippen MR) is 69.0 cm³/mol. The Labute approximate surface area is 117 Å². The lowest BCUT2D eigenvalue weighted by Gasteiger charge is -2.04. The Morgan fingerprint density at radius 3 is 2.85 bits per heavy atom. The fourth-order valence-corrected chi connectivity index (χ4v) is 1.52. The molecule has 10 heteroatoms. The van der Waals surface area contributed by atoms with Gasteiger partial charge in [0, 0.05) is 12.1 Å². The summed E-state index contributed by atoms with van der Waals surface area (Å²) < 4.78 is 4.87. The lowest BCUT2D eigenvalue weighted by molar-refractivity contribution is -0.384. The molecule has 0 unspecified atom stereocenters. The summed E-state index contributed by atoms with van der Waals surface area (Å²) in [6.45, 7) is 0. The van der Waals surface area contributed by atoms with Crippen molar-refractivity contribution >= 4 is 29.1 Å². The van der Waals surface area contributed by atoms with Crippen molar-refractivity contribution in [2.75, 3.05) is 12.4 Å². The third-order valence-corrected chi connectivity index (χ3v) is 2.42. The third kappa shape index (κ3) is 3.01. The highest BCUT2D eigenvalue weighted by atomic mass is 35.5. The molecule has 2 aromatic heterocycles. The predicted octanol–water partition coefficient (Wildman–Crippen LogP) is 1.63. The number of rotatable bonds is 4. The van der Waals surface area contributed by atoms with Crippen LogP contribution in [0.2, 0.25) is 5.15 Å². The number of aromatic amines is 1. The van der Waals surface area contributed by atoms with Crippen LogP contribution in [0.4, 0.5) is 11.6 Å². The van der Waals surface area contributed by atoms with Gasteiger partial charge in [-0.1, -0.05) is 11.6 Å². The number of H-pyrrole nitrogens is 1. The number of nitrogens with zero attached hydrogens (tertiary/aromatic N) is 3. The van der Waals surface area contributed by atoms with Crippen LogP contribution in [0.15, 0.2) is 18.3 Å². The van der Waals surface area contributed by atoms with Crippen molar-refractivity contribution in [3.05, 3.63) is 39.3 Å². The third-order valence-electron chi connectivity index (χ3n) is 2.23. The monoisotopic (exact) mass is 297 g/mol. The maximum atomic E-state index is 11.8. The number of ether oxygens (including phenoxy) is 1. The van der Waals surface area contributed by atoms with E-state index in [2.05, 4.69) is 20.3 Å². The van der Waals surface area contributed by atoms with Gasteiger partial charge in [-0.25, -0.2) is 4.98 Å². The second-order valence-electron chi connectivity index (χ2n) is 3.54. The second-order valence-corrected chi connectivity index (χ2v) is 3.93. The average molecular weight is 298 g/mol. The van der Waals surface area contributed by atoms with E-state index in [0.29, 0.717) is 0 Å². The lowest BCUT2D eigenvalue weighted by atomic mass is 10.4. The number of amides is 1. The number of carbonyl (C=O) groups excluding carboxylic acids is 1. The number of hydrogen-bond acceptors (Lipinski definition) is 6. The summed E-state index contributed by atoms with van der Waals surface area (Å²) in [5.74, 6) is -0.531. The summed E-state index contributed by atoms with van der Waals surface area (Å²) >= 11 is 5.72. The molecule has 0 saturated carbocycles. The molecular weight excluding hydrogens is 290 g/mol. The Kier molecular flexibility index (Phi) is 3.80. The first-order chi connectivity index (χ1) is 9.49. The highest BCUT2D eigenvalue weighted by molar-refractivity contribution is 6.29. The zero-order valence-electron chi connectivity index (χ0n) is 10.1. The van der Waals surface area contributed by atoms with E-state index < -0.39 is 10.8 Å². The first kappa shape index (κ1) is 13.7. The Balaban J connectivity index is 2.18. The van der Waals surface area contributed by atoms with E-state index in [1.165, 1.54) is 13.2 Å². The number of carbonyl (C=O) groups is 1. The van der Waals surface area contributed by atoms with Gasteiger partial charge in [-0.3, -0.25) is 20.2 Å². The minimum absolute atomic E-state index is 0.000702. The quantitative estimate of drug-likeness (QED) is 0.502. The van der Waals surface area contributed by atoms with Crippen molar-refractivity contribution in [3.63, 3.8) is 0 Å². The van der Waals surface area contributed by atoms with E-state index in [0.717, 1.165) is 12.3 Å². The van der Waals surface area contributed by atoms with Gasteiger partial charge in [-0.15, -0.1) is 0 Å². The van der Waals surface area contributed by atoms with E-state index in [1.807, 2.05) is 0 Å². The summed E-state index contributed by atoms with van der Waals surface area (Å²) in [6, 6.07) is 2.47. The number of methoxy groups -OCH3 is 1. The fraction of sp³-hybridized carbons (Fsp3) is 0.100. The molecule has 1 amide bonds. The first-order valence-corrected chi connectivity index (χ1v) is 5.60. The molecule has 0 bridgehead atoms. The van der Waals surface area contributed by atoms with Crippen LogP contribution >= 0.6 is 11.6 Å². The number of anilines is 1. The molecule has 0 atom stereocenters. The molecule has 2 heterocycles. The van der Waals surface area contributed by atoms with Gasteiger partial charge in [0.2, 0.25) is 11.8 Å². The van der Waals surface area contributed by atoms with Crippen LogP contribution in [0.25, 0.3) is 0 Å². The molecule has 0 aliphatic carbocycles. The molecule has 0 saturated heterocycles. The van der Waals surface area contributed by atoms with Crippen LogP contribution in [0.1, 0.15) is 10.5 Å². The smallest absolute Gasteiger partial charge is 0.287 e. The number of hydrogen-bond donors (Lipinski definition) is 2. The molecule has 0 aliphatic rings. The molecule has 0 radical (unpaired) electrons. The van der Waals surface area contributed by atoms with E-state index >= 15 is 0 Å². The molecule has 2 N–H and O–H groups in total. The van der Waals surface area contributed by atoms with Gasteiger partial charge in [-0.2, -0.15) is 4.98 Å². The van der Waals surface area contributed by atoms with Gasteiger partial charge < -0.3 is 9.72 Å². The molecule has 2 rings (SSSR count). The fourth-order valence-electron chi connectivity index (χ4n) is 1.35. The van der Waals surface area contributed by atoms with Crippen molar-refractivity contribution in [2.24, 2.45) is 0 Å². The van der Waals surface area contributed by atoms with Crippen molar-refractivity contribution in [1.82, 2.24) is 15.0 Å². The van der Waals surface area contributed by atoms with Crippen molar-refractivity contribution in [1.29, 1.82) is 0 Å². The topological polar surface area (TPSA) is 123 Å². The van der Waals surface area contributed by atoms with Gasteiger partial charge in [0.25, 0.3) is 11.6 Å². The Morgan fingerprint density at radius 1 is 1.50 bits per heavy atom. The van der Waals surface area contributed by atoms with Crippen LogP contribution in [-0.2, 0) is 0 Å². The average Bonchev–Trinajstić information content (AvgIpc) is 2.87. The maximum Gasteiger partial charge on any atom is 0.287 e. The summed E-state index contributed by atoms with van der Waals surface area (Å²) in [7, 11) is 1.39. The van der Waals surface area contributed by atoms with Crippen LogP contribution in [0.3, 0.4) is 0 Å². The van der Waals surface area contributed by atoms with Crippen molar-refractivity contribution in [3.8, 4) is 5.88 Å². The van der Waals surface area contributed by atoms with Gasteiger partial charge in [0.05, 0.1) is 18.2 Å². The number of halogens is 1. The number of aromatic nitrogens is 3. The molecule has 0 fully saturated rings. The first-order valence-electron chi connectivity index (χ1n) is 5.22. The molecule has 0 aromatic carbocycles. The number of nitrogens with one attached hydrogen (secondary N) is 2. The van der Waals surface area contributed by atoms with Crippen LogP contribution in [0, 0.1) is 10.1 Å². The molecule has 0 aliphatic heterocycles. The van der Waals surface area contributed by atoms with E-state index in [4.69, 9.17) is 16.3 Å². The standard InChI is InChI=1S/C10H8ClN5O4/c1-20-8-3-7(11)13-10(14-8)15-9(17)6-2-5(4-12-6)16(18)19/h2-4,12H,1H3,(H,13,14,15,17). The normalized spacial score (nSPS) is 10.1. The zero-order valence-corrected chi connectivity index (χ0v) is 10.8. The second kappa shape index (κ2) is 5.53. The molecule has 20 heavy (non-hydrogen) atoms. The minimum atomic E-state index is -0.637. The molecule has 9 nitrogen and oxygen atoms in total. The lowest BCUT2D eigenvalue weighted by Crippen LogP contribution is -2.14. The minimum Gasteiger partial charge on any atom is -0.481 e. The van der Waals surface area contributed by atoms with E-state index in [9.17, 15) is 14.9 Å². The molecule has 0 spiro atoms. The van der Waals surface area contributed by atoms with E-state index in [-0.39, 0.29) is 28.4 Å². The van der Waals surface area contributed by atoms with Gasteiger partial charge >= 0.3 is 0 Å².